The average molecular weight is 287 g/mol. The quantitative estimate of drug-likeness (QED) is 0.832. The van der Waals surface area contributed by atoms with Crippen LogP contribution in [0, 0.1) is 0 Å². The van der Waals surface area contributed by atoms with Crippen molar-refractivity contribution in [1.29, 1.82) is 0 Å². The lowest BCUT2D eigenvalue weighted by molar-refractivity contribution is 0.0451. The molecular weight excluding hydrogens is 268 g/mol. The lowest BCUT2D eigenvalue weighted by Gasteiger charge is -2.32. The zero-order chi connectivity index (χ0) is 13.0. The van der Waals surface area contributed by atoms with Crippen molar-refractivity contribution in [1.82, 2.24) is 0 Å². The van der Waals surface area contributed by atoms with Gasteiger partial charge in [0.15, 0.2) is 5.76 Å². The maximum atomic E-state index is 10.7. The maximum Gasteiger partial charge on any atom is 0.153 e. The first-order valence-corrected chi connectivity index (χ1v) is 7.72. The van der Waals surface area contributed by atoms with Gasteiger partial charge < -0.3 is 9.84 Å². The van der Waals surface area contributed by atoms with E-state index < -0.39 is 5.60 Å². The molecule has 18 heavy (non-hydrogen) atoms. The van der Waals surface area contributed by atoms with Gasteiger partial charge in [0.2, 0.25) is 0 Å². The third-order valence-electron chi connectivity index (χ3n) is 3.32. The van der Waals surface area contributed by atoms with Gasteiger partial charge in [0.1, 0.15) is 5.60 Å². The Labute approximate surface area is 117 Å². The molecule has 1 aromatic rings. The normalized spacial score (nSPS) is 20.4. The minimum Gasteiger partial charge on any atom is -0.491 e. The van der Waals surface area contributed by atoms with E-state index in [1.54, 1.807) is 11.3 Å². The second-order valence-corrected chi connectivity index (χ2v) is 5.97. The van der Waals surface area contributed by atoms with Crippen LogP contribution in [-0.2, 0) is 4.74 Å². The van der Waals surface area contributed by atoms with Gasteiger partial charge in [-0.15, -0.1) is 11.3 Å². The van der Waals surface area contributed by atoms with Crippen LogP contribution in [0.25, 0.3) is 5.76 Å². The molecular formula is C14H19ClO2S. The topological polar surface area (TPSA) is 29.5 Å². The number of hydrogen-bond acceptors (Lipinski definition) is 3. The van der Waals surface area contributed by atoms with Crippen molar-refractivity contribution in [3.05, 3.63) is 27.4 Å². The first kappa shape index (κ1) is 13.9. The molecule has 0 bridgehead atoms. The molecule has 1 saturated carbocycles. The van der Waals surface area contributed by atoms with E-state index in [-0.39, 0.29) is 0 Å². The molecule has 0 unspecified atom stereocenters. The van der Waals surface area contributed by atoms with Gasteiger partial charge in [0.25, 0.3) is 0 Å². The first-order chi connectivity index (χ1) is 8.67. The van der Waals surface area contributed by atoms with Crippen molar-refractivity contribution in [3.63, 3.8) is 0 Å². The number of rotatable bonds is 4. The summed E-state index contributed by atoms with van der Waals surface area (Å²) in [5.41, 5.74) is -0.895. The van der Waals surface area contributed by atoms with Gasteiger partial charge in [0, 0.05) is 0 Å². The van der Waals surface area contributed by atoms with Crippen molar-refractivity contribution in [2.45, 2.75) is 44.6 Å². The summed E-state index contributed by atoms with van der Waals surface area (Å²) in [6.45, 7) is 2.49. The van der Waals surface area contributed by atoms with Crippen molar-refractivity contribution < 1.29 is 9.84 Å². The van der Waals surface area contributed by atoms with Crippen LogP contribution in [0.2, 0.25) is 0 Å². The second kappa shape index (κ2) is 6.09. The summed E-state index contributed by atoms with van der Waals surface area (Å²) >= 11 is 8.03. The van der Waals surface area contributed by atoms with Gasteiger partial charge in [-0.25, -0.2) is 0 Å². The largest absolute Gasteiger partial charge is 0.491 e. The molecule has 1 fully saturated rings. The molecule has 0 aromatic carbocycles. The smallest absolute Gasteiger partial charge is 0.153 e. The standard InChI is InChI=1S/C14H19ClO2S/c1-2-17-12(11-7-6-10-18-11)13(15)14(16)8-4-3-5-9-14/h6-7,10,16H,2-5,8-9H2,1H3/b13-12+. The number of ether oxygens (including phenoxy) is 1. The summed E-state index contributed by atoms with van der Waals surface area (Å²) in [7, 11) is 0. The maximum absolute atomic E-state index is 10.7. The summed E-state index contributed by atoms with van der Waals surface area (Å²) < 4.78 is 5.66. The first-order valence-electron chi connectivity index (χ1n) is 6.46. The van der Waals surface area contributed by atoms with Gasteiger partial charge in [0.05, 0.1) is 16.5 Å². The van der Waals surface area contributed by atoms with E-state index in [4.69, 9.17) is 16.3 Å². The molecule has 100 valence electrons. The van der Waals surface area contributed by atoms with E-state index in [0.717, 1.165) is 30.6 Å². The molecule has 1 heterocycles. The molecule has 1 aliphatic rings. The number of hydrogen-bond donors (Lipinski definition) is 1. The highest BCUT2D eigenvalue weighted by Gasteiger charge is 2.35. The summed E-state index contributed by atoms with van der Waals surface area (Å²) in [6, 6.07) is 3.94. The Kier molecular flexibility index (Phi) is 4.71. The lowest BCUT2D eigenvalue weighted by atomic mass is 9.84. The fourth-order valence-corrected chi connectivity index (χ4v) is 3.49. The fourth-order valence-electron chi connectivity index (χ4n) is 2.36. The van der Waals surface area contributed by atoms with Crippen LogP contribution < -0.4 is 0 Å². The Bertz CT molecular complexity index is 405. The molecule has 0 spiro atoms. The molecule has 1 N–H and O–H groups in total. The molecule has 4 heteroatoms. The van der Waals surface area contributed by atoms with Crippen molar-refractivity contribution in [2.24, 2.45) is 0 Å². The molecule has 0 aliphatic heterocycles. The minimum atomic E-state index is -0.895. The fraction of sp³-hybridized carbons (Fsp3) is 0.571. The Balaban J connectivity index is 2.34. The molecule has 1 aliphatic carbocycles. The number of halogens is 1. The summed E-state index contributed by atoms with van der Waals surface area (Å²) in [5.74, 6) is 0.651. The average Bonchev–Trinajstić information content (AvgIpc) is 2.90. The Morgan fingerprint density at radius 1 is 1.44 bits per heavy atom. The third-order valence-corrected chi connectivity index (χ3v) is 4.71. The summed E-state index contributed by atoms with van der Waals surface area (Å²) in [5, 5.41) is 13.1. The molecule has 0 radical (unpaired) electrons. The third kappa shape index (κ3) is 2.90. The van der Waals surface area contributed by atoms with Crippen LogP contribution in [0.5, 0.6) is 0 Å². The summed E-state index contributed by atoms with van der Waals surface area (Å²) in [4.78, 5) is 0.987. The highest BCUT2D eigenvalue weighted by atomic mass is 35.5. The van der Waals surface area contributed by atoms with Crippen LogP contribution in [0.4, 0.5) is 0 Å². The van der Waals surface area contributed by atoms with Gasteiger partial charge in [-0.2, -0.15) is 0 Å². The molecule has 0 amide bonds. The predicted octanol–water partition coefficient (Wildman–Crippen LogP) is 4.39. The second-order valence-electron chi connectivity index (χ2n) is 4.65. The number of aliphatic hydroxyl groups is 1. The molecule has 2 rings (SSSR count). The molecule has 1 aromatic heterocycles. The van der Waals surface area contributed by atoms with Crippen molar-refractivity contribution >= 4 is 28.7 Å². The van der Waals surface area contributed by atoms with Crippen molar-refractivity contribution in [2.75, 3.05) is 6.61 Å². The highest BCUT2D eigenvalue weighted by molar-refractivity contribution is 7.11. The lowest BCUT2D eigenvalue weighted by Crippen LogP contribution is -2.32. The molecule has 0 atom stereocenters. The Hall–Kier alpha value is -0.510. The Morgan fingerprint density at radius 2 is 2.17 bits per heavy atom. The van der Waals surface area contributed by atoms with Crippen LogP contribution in [0.3, 0.4) is 0 Å². The van der Waals surface area contributed by atoms with Gasteiger partial charge in [-0.05, 0) is 31.2 Å². The Morgan fingerprint density at radius 3 is 2.72 bits per heavy atom. The van der Waals surface area contributed by atoms with Crippen LogP contribution >= 0.6 is 22.9 Å². The predicted molar refractivity (Wildman–Crippen MR) is 76.8 cm³/mol. The summed E-state index contributed by atoms with van der Waals surface area (Å²) in [6.07, 6.45) is 4.68. The monoisotopic (exact) mass is 286 g/mol. The van der Waals surface area contributed by atoms with Gasteiger partial charge in [-0.1, -0.05) is 36.9 Å². The van der Waals surface area contributed by atoms with Crippen LogP contribution in [0.1, 0.15) is 43.9 Å². The van der Waals surface area contributed by atoms with Crippen molar-refractivity contribution in [3.8, 4) is 0 Å². The molecule has 0 saturated heterocycles. The van der Waals surface area contributed by atoms with E-state index in [9.17, 15) is 5.11 Å². The van der Waals surface area contributed by atoms with E-state index in [2.05, 4.69) is 0 Å². The SMILES string of the molecule is CCO/C(=C(/Cl)C1(O)CCCCC1)c1cccs1. The van der Waals surface area contributed by atoms with E-state index in [1.807, 2.05) is 24.4 Å². The van der Waals surface area contributed by atoms with Crippen LogP contribution in [-0.4, -0.2) is 17.3 Å². The van der Waals surface area contributed by atoms with Crippen LogP contribution in [0.15, 0.2) is 22.5 Å². The van der Waals surface area contributed by atoms with E-state index in [1.165, 1.54) is 6.42 Å². The zero-order valence-electron chi connectivity index (χ0n) is 10.6. The van der Waals surface area contributed by atoms with Gasteiger partial charge in [-0.3, -0.25) is 0 Å². The minimum absolute atomic E-state index is 0.478. The number of thiophene rings is 1. The van der Waals surface area contributed by atoms with E-state index in [0.29, 0.717) is 17.4 Å². The zero-order valence-corrected chi connectivity index (χ0v) is 12.2. The van der Waals surface area contributed by atoms with Gasteiger partial charge >= 0.3 is 0 Å². The van der Waals surface area contributed by atoms with E-state index >= 15 is 0 Å². The molecule has 2 nitrogen and oxygen atoms in total. The highest BCUT2D eigenvalue weighted by Crippen LogP contribution is 2.41.